The summed E-state index contributed by atoms with van der Waals surface area (Å²) in [4.78, 5) is 21.5. The molecule has 0 aromatic heterocycles. The fourth-order valence-electron chi connectivity index (χ4n) is 1.20. The minimum absolute atomic E-state index is 0.0103. The van der Waals surface area contributed by atoms with Crippen LogP contribution >= 0.6 is 0 Å². The first-order chi connectivity index (χ1) is 5.61. The van der Waals surface area contributed by atoms with Gasteiger partial charge in [-0.05, 0) is 12.8 Å². The first-order valence-electron chi connectivity index (χ1n) is 4.12. The second-order valence-corrected chi connectivity index (χ2v) is 3.24. The third-order valence-electron chi connectivity index (χ3n) is 2.30. The summed E-state index contributed by atoms with van der Waals surface area (Å²) in [5.74, 6) is -0.991. The predicted octanol–water partition coefficient (Wildman–Crippen LogP) is 0.158. The van der Waals surface area contributed by atoms with Crippen LogP contribution in [0.2, 0.25) is 0 Å². The number of carboxylic acid groups (broad SMARTS) is 1. The Hall–Kier alpha value is -0.900. The summed E-state index contributed by atoms with van der Waals surface area (Å²) < 4.78 is 0. The molecule has 0 radical (unpaired) electrons. The van der Waals surface area contributed by atoms with E-state index < -0.39 is 12.0 Å². The zero-order valence-corrected chi connectivity index (χ0v) is 6.82. The summed E-state index contributed by atoms with van der Waals surface area (Å²) in [5.41, 5.74) is 5.21. The van der Waals surface area contributed by atoms with Crippen molar-refractivity contribution in [1.82, 2.24) is 0 Å². The highest BCUT2D eigenvalue weighted by atomic mass is 16.4. The minimum Gasteiger partial charge on any atom is -0.480 e. The van der Waals surface area contributed by atoms with Gasteiger partial charge in [0, 0.05) is 12.3 Å². The minimum atomic E-state index is -1.09. The Morgan fingerprint density at radius 3 is 2.42 bits per heavy atom. The Balaban J connectivity index is 2.29. The van der Waals surface area contributed by atoms with Crippen LogP contribution in [0.1, 0.15) is 25.7 Å². The van der Waals surface area contributed by atoms with Crippen molar-refractivity contribution in [1.29, 1.82) is 0 Å². The Morgan fingerprint density at radius 2 is 2.08 bits per heavy atom. The zero-order chi connectivity index (χ0) is 9.14. The second-order valence-electron chi connectivity index (χ2n) is 3.24. The maximum atomic E-state index is 11.2. The average Bonchev–Trinajstić information content (AvgIpc) is 1.82. The second kappa shape index (κ2) is 3.67. The SMILES string of the molecule is NC(CC(=O)C1CCC1)C(=O)O. The first kappa shape index (κ1) is 9.19. The summed E-state index contributed by atoms with van der Waals surface area (Å²) in [5, 5.41) is 8.43. The van der Waals surface area contributed by atoms with Crippen molar-refractivity contribution in [2.24, 2.45) is 11.7 Å². The molecule has 0 aromatic carbocycles. The normalized spacial score (nSPS) is 19.8. The van der Waals surface area contributed by atoms with Crippen LogP contribution in [0.25, 0.3) is 0 Å². The molecule has 0 spiro atoms. The van der Waals surface area contributed by atoms with E-state index in [1.54, 1.807) is 0 Å². The van der Waals surface area contributed by atoms with Crippen LogP contribution in [0.4, 0.5) is 0 Å². The largest absolute Gasteiger partial charge is 0.480 e. The van der Waals surface area contributed by atoms with Crippen LogP contribution in [0.5, 0.6) is 0 Å². The van der Waals surface area contributed by atoms with Crippen molar-refractivity contribution < 1.29 is 14.7 Å². The fourth-order valence-corrected chi connectivity index (χ4v) is 1.20. The molecule has 0 heterocycles. The van der Waals surface area contributed by atoms with Gasteiger partial charge in [-0.1, -0.05) is 6.42 Å². The Bertz CT molecular complexity index is 198. The van der Waals surface area contributed by atoms with Gasteiger partial charge in [0.2, 0.25) is 0 Å². The van der Waals surface area contributed by atoms with Gasteiger partial charge in [-0.3, -0.25) is 9.59 Å². The lowest BCUT2D eigenvalue weighted by atomic mass is 9.80. The van der Waals surface area contributed by atoms with Crippen molar-refractivity contribution in [3.8, 4) is 0 Å². The number of rotatable bonds is 4. The van der Waals surface area contributed by atoms with E-state index in [0.29, 0.717) is 0 Å². The Kier molecular flexibility index (Phi) is 2.81. The summed E-state index contributed by atoms with van der Waals surface area (Å²) in [6.45, 7) is 0. The summed E-state index contributed by atoms with van der Waals surface area (Å²) in [6, 6.07) is -1.02. The number of carbonyl (C=O) groups excluding carboxylic acids is 1. The van der Waals surface area contributed by atoms with Gasteiger partial charge < -0.3 is 10.8 Å². The molecule has 4 nitrogen and oxygen atoms in total. The molecule has 12 heavy (non-hydrogen) atoms. The highest BCUT2D eigenvalue weighted by Gasteiger charge is 2.27. The highest BCUT2D eigenvalue weighted by Crippen LogP contribution is 2.28. The van der Waals surface area contributed by atoms with E-state index in [9.17, 15) is 9.59 Å². The molecule has 1 aliphatic carbocycles. The van der Waals surface area contributed by atoms with Crippen molar-refractivity contribution in [2.45, 2.75) is 31.7 Å². The van der Waals surface area contributed by atoms with Gasteiger partial charge in [-0.25, -0.2) is 0 Å². The monoisotopic (exact) mass is 171 g/mol. The Labute approximate surface area is 70.7 Å². The number of ketones is 1. The number of nitrogens with two attached hydrogens (primary N) is 1. The number of aliphatic carboxylic acids is 1. The standard InChI is InChI=1S/C8H13NO3/c9-6(8(11)12)4-7(10)5-2-1-3-5/h5-6H,1-4,9H2,(H,11,12). The van der Waals surface area contributed by atoms with Crippen LogP contribution in [0.15, 0.2) is 0 Å². The molecule has 4 heteroatoms. The summed E-state index contributed by atoms with van der Waals surface area (Å²) in [6.07, 6.45) is 2.88. The smallest absolute Gasteiger partial charge is 0.320 e. The highest BCUT2D eigenvalue weighted by molar-refractivity contribution is 5.87. The average molecular weight is 171 g/mol. The molecule has 3 N–H and O–H groups in total. The van der Waals surface area contributed by atoms with Crippen molar-refractivity contribution >= 4 is 11.8 Å². The summed E-state index contributed by atoms with van der Waals surface area (Å²) in [7, 11) is 0. The van der Waals surface area contributed by atoms with Crippen LogP contribution in [0, 0.1) is 5.92 Å². The van der Waals surface area contributed by atoms with E-state index in [1.165, 1.54) is 0 Å². The Morgan fingerprint density at radius 1 is 1.50 bits per heavy atom. The van der Waals surface area contributed by atoms with E-state index in [1.807, 2.05) is 0 Å². The molecule has 0 aliphatic heterocycles. The van der Waals surface area contributed by atoms with Gasteiger partial charge in [0.05, 0.1) is 0 Å². The van der Waals surface area contributed by atoms with Gasteiger partial charge in [-0.15, -0.1) is 0 Å². The lowest BCUT2D eigenvalue weighted by Gasteiger charge is -2.24. The lowest BCUT2D eigenvalue weighted by molar-refractivity contribution is -0.141. The molecular weight excluding hydrogens is 158 g/mol. The van der Waals surface area contributed by atoms with Crippen LogP contribution in [0.3, 0.4) is 0 Å². The molecule has 68 valence electrons. The molecule has 1 aliphatic rings. The molecule has 0 amide bonds. The van der Waals surface area contributed by atoms with Gasteiger partial charge in [0.1, 0.15) is 11.8 Å². The van der Waals surface area contributed by atoms with Crippen LogP contribution < -0.4 is 5.73 Å². The van der Waals surface area contributed by atoms with Crippen molar-refractivity contribution in [2.75, 3.05) is 0 Å². The van der Waals surface area contributed by atoms with Gasteiger partial charge in [0.15, 0.2) is 0 Å². The maximum Gasteiger partial charge on any atom is 0.320 e. The van der Waals surface area contributed by atoms with E-state index in [-0.39, 0.29) is 18.1 Å². The van der Waals surface area contributed by atoms with Gasteiger partial charge >= 0.3 is 5.97 Å². The number of Topliss-reactive ketones (excluding diaryl/α,β-unsaturated/α-hetero) is 1. The third kappa shape index (κ3) is 2.04. The van der Waals surface area contributed by atoms with E-state index in [4.69, 9.17) is 10.8 Å². The molecule has 0 saturated heterocycles. The number of hydrogen-bond donors (Lipinski definition) is 2. The van der Waals surface area contributed by atoms with Crippen LogP contribution in [-0.4, -0.2) is 22.9 Å². The van der Waals surface area contributed by atoms with E-state index >= 15 is 0 Å². The van der Waals surface area contributed by atoms with E-state index in [2.05, 4.69) is 0 Å². The fraction of sp³-hybridized carbons (Fsp3) is 0.750. The van der Waals surface area contributed by atoms with Crippen molar-refractivity contribution in [3.63, 3.8) is 0 Å². The number of carbonyl (C=O) groups is 2. The lowest BCUT2D eigenvalue weighted by Crippen LogP contribution is -2.35. The quantitative estimate of drug-likeness (QED) is 0.631. The molecule has 1 saturated carbocycles. The topological polar surface area (TPSA) is 80.4 Å². The number of carboxylic acids is 1. The molecule has 0 bridgehead atoms. The molecular formula is C8H13NO3. The predicted molar refractivity (Wildman–Crippen MR) is 42.6 cm³/mol. The molecule has 1 fully saturated rings. The molecule has 1 atom stereocenters. The van der Waals surface area contributed by atoms with Crippen LogP contribution in [-0.2, 0) is 9.59 Å². The summed E-state index contributed by atoms with van der Waals surface area (Å²) >= 11 is 0. The first-order valence-corrected chi connectivity index (χ1v) is 4.12. The van der Waals surface area contributed by atoms with E-state index in [0.717, 1.165) is 19.3 Å². The van der Waals surface area contributed by atoms with Gasteiger partial charge in [0.25, 0.3) is 0 Å². The molecule has 0 aromatic rings. The zero-order valence-electron chi connectivity index (χ0n) is 6.82. The van der Waals surface area contributed by atoms with Gasteiger partial charge in [-0.2, -0.15) is 0 Å². The van der Waals surface area contributed by atoms with Crippen molar-refractivity contribution in [3.05, 3.63) is 0 Å². The maximum absolute atomic E-state index is 11.2. The molecule has 1 unspecified atom stereocenters. The third-order valence-corrected chi connectivity index (χ3v) is 2.30. The number of hydrogen-bond acceptors (Lipinski definition) is 3. The molecule has 1 rings (SSSR count).